The Morgan fingerprint density at radius 2 is 1.69 bits per heavy atom. The lowest BCUT2D eigenvalue weighted by atomic mass is 10.0. The van der Waals surface area contributed by atoms with E-state index in [0.29, 0.717) is 5.65 Å². The third kappa shape index (κ3) is 2.72. The third-order valence-electron chi connectivity index (χ3n) is 4.19. The smallest absolute Gasteiger partial charge is 0.269 e. The Morgan fingerprint density at radius 1 is 0.962 bits per heavy atom. The topological polar surface area (TPSA) is 93.5 Å². The van der Waals surface area contributed by atoms with Crippen LogP contribution in [0.15, 0.2) is 66.7 Å². The number of nitrogens with zero attached hydrogens (tertiary/aromatic N) is 3. The van der Waals surface area contributed by atoms with Gasteiger partial charge >= 0.3 is 0 Å². The van der Waals surface area contributed by atoms with Gasteiger partial charge in [0.2, 0.25) is 0 Å². The van der Waals surface area contributed by atoms with E-state index in [-0.39, 0.29) is 12.3 Å². The van der Waals surface area contributed by atoms with Crippen LogP contribution in [-0.2, 0) is 6.61 Å². The molecule has 128 valence electrons. The standard InChI is InChI=1S/C20H16N4O2/c21-20(26)16-10-11-17-22-18(14-8-6-13(12-25)7-9-14)19(24(17)23-16)15-4-2-1-3-5-15/h1-11,25H,12H2,(H2,21,26). The van der Waals surface area contributed by atoms with E-state index in [1.165, 1.54) is 0 Å². The van der Waals surface area contributed by atoms with Crippen molar-refractivity contribution >= 4 is 11.6 Å². The number of amides is 1. The number of carbonyl (C=O) groups is 1. The Hall–Kier alpha value is -3.51. The van der Waals surface area contributed by atoms with Crippen molar-refractivity contribution in [2.75, 3.05) is 0 Å². The number of aromatic nitrogens is 3. The zero-order chi connectivity index (χ0) is 18.1. The van der Waals surface area contributed by atoms with Crippen molar-refractivity contribution in [1.82, 2.24) is 14.6 Å². The van der Waals surface area contributed by atoms with Gasteiger partial charge in [-0.3, -0.25) is 4.79 Å². The second-order valence-corrected chi connectivity index (χ2v) is 5.88. The average molecular weight is 344 g/mol. The maximum Gasteiger partial charge on any atom is 0.269 e. The molecular formula is C20H16N4O2. The van der Waals surface area contributed by atoms with Crippen LogP contribution < -0.4 is 5.73 Å². The van der Waals surface area contributed by atoms with Crippen LogP contribution >= 0.6 is 0 Å². The van der Waals surface area contributed by atoms with Gasteiger partial charge in [0, 0.05) is 11.1 Å². The van der Waals surface area contributed by atoms with Crippen LogP contribution in [0.3, 0.4) is 0 Å². The maximum atomic E-state index is 11.5. The number of hydrogen-bond donors (Lipinski definition) is 2. The number of fused-ring (bicyclic) bond motifs is 1. The van der Waals surface area contributed by atoms with Crippen LogP contribution in [0.2, 0.25) is 0 Å². The van der Waals surface area contributed by atoms with Gasteiger partial charge in [-0.15, -0.1) is 0 Å². The minimum atomic E-state index is -0.589. The highest BCUT2D eigenvalue weighted by Gasteiger charge is 2.18. The van der Waals surface area contributed by atoms with Gasteiger partial charge in [-0.05, 0) is 17.7 Å². The van der Waals surface area contributed by atoms with Crippen molar-refractivity contribution < 1.29 is 9.90 Å². The van der Waals surface area contributed by atoms with E-state index in [2.05, 4.69) is 5.10 Å². The number of hydrogen-bond acceptors (Lipinski definition) is 4. The molecule has 0 aliphatic heterocycles. The Bertz CT molecular complexity index is 1090. The summed E-state index contributed by atoms with van der Waals surface area (Å²) < 4.78 is 1.64. The van der Waals surface area contributed by atoms with Gasteiger partial charge < -0.3 is 10.8 Å². The number of carbonyl (C=O) groups excluding carboxylic acids is 1. The first kappa shape index (κ1) is 16.0. The molecule has 0 spiro atoms. The molecule has 0 aliphatic carbocycles. The van der Waals surface area contributed by atoms with Crippen LogP contribution in [0.5, 0.6) is 0 Å². The number of aliphatic hydroxyl groups is 1. The average Bonchev–Trinajstić information content (AvgIpc) is 3.07. The fourth-order valence-electron chi connectivity index (χ4n) is 2.89. The monoisotopic (exact) mass is 344 g/mol. The second-order valence-electron chi connectivity index (χ2n) is 5.88. The number of rotatable bonds is 4. The fourth-order valence-corrected chi connectivity index (χ4v) is 2.89. The van der Waals surface area contributed by atoms with Crippen LogP contribution in [0.1, 0.15) is 16.1 Å². The van der Waals surface area contributed by atoms with Crippen LogP contribution in [0, 0.1) is 0 Å². The molecule has 3 N–H and O–H groups in total. The Kier molecular flexibility index (Phi) is 3.95. The van der Waals surface area contributed by atoms with Gasteiger partial charge in [-0.2, -0.15) is 5.10 Å². The van der Waals surface area contributed by atoms with Crippen LogP contribution in [0.4, 0.5) is 0 Å². The molecule has 0 radical (unpaired) electrons. The second kappa shape index (κ2) is 6.42. The number of benzene rings is 2. The molecule has 6 nitrogen and oxygen atoms in total. The molecule has 6 heteroatoms. The summed E-state index contributed by atoms with van der Waals surface area (Å²) in [5.41, 5.74) is 10.4. The molecule has 2 aromatic heterocycles. The molecule has 0 unspecified atom stereocenters. The zero-order valence-electron chi connectivity index (χ0n) is 13.8. The molecule has 2 aromatic carbocycles. The van der Waals surface area contributed by atoms with Crippen LogP contribution in [0.25, 0.3) is 28.2 Å². The molecule has 26 heavy (non-hydrogen) atoms. The van der Waals surface area contributed by atoms with Gasteiger partial charge in [0.05, 0.1) is 12.3 Å². The van der Waals surface area contributed by atoms with E-state index in [1.54, 1.807) is 16.6 Å². The highest BCUT2D eigenvalue weighted by Crippen LogP contribution is 2.32. The lowest BCUT2D eigenvalue weighted by molar-refractivity contribution is 0.0994. The highest BCUT2D eigenvalue weighted by atomic mass is 16.3. The minimum Gasteiger partial charge on any atom is -0.392 e. The van der Waals surface area contributed by atoms with Crippen molar-refractivity contribution in [3.8, 4) is 22.5 Å². The van der Waals surface area contributed by atoms with Crippen molar-refractivity contribution in [3.63, 3.8) is 0 Å². The van der Waals surface area contributed by atoms with Crippen molar-refractivity contribution in [1.29, 1.82) is 0 Å². The molecule has 0 bridgehead atoms. The summed E-state index contributed by atoms with van der Waals surface area (Å²) in [6.45, 7) is -0.0134. The minimum absolute atomic E-state index is 0.0134. The molecule has 0 atom stereocenters. The third-order valence-corrected chi connectivity index (χ3v) is 4.19. The number of nitrogens with two attached hydrogens (primary N) is 1. The van der Waals surface area contributed by atoms with E-state index < -0.39 is 5.91 Å². The fraction of sp³-hybridized carbons (Fsp3) is 0.0500. The first-order valence-electron chi connectivity index (χ1n) is 8.12. The lowest BCUT2D eigenvalue weighted by Gasteiger charge is -2.06. The maximum absolute atomic E-state index is 11.5. The number of imidazole rings is 1. The summed E-state index contributed by atoms with van der Waals surface area (Å²) >= 11 is 0. The first-order valence-corrected chi connectivity index (χ1v) is 8.12. The van der Waals surface area contributed by atoms with E-state index in [9.17, 15) is 9.90 Å². The molecule has 1 amide bonds. The molecule has 4 rings (SSSR count). The number of primary amides is 1. The SMILES string of the molecule is NC(=O)c1ccc2nc(-c3ccc(CO)cc3)c(-c3ccccc3)n2n1. The molecule has 0 fully saturated rings. The van der Waals surface area contributed by atoms with Gasteiger partial charge in [0.15, 0.2) is 5.65 Å². The summed E-state index contributed by atoms with van der Waals surface area (Å²) in [6, 6.07) is 20.6. The highest BCUT2D eigenvalue weighted by molar-refractivity contribution is 5.91. The summed E-state index contributed by atoms with van der Waals surface area (Å²) in [5.74, 6) is -0.589. The first-order chi connectivity index (χ1) is 12.7. The summed E-state index contributed by atoms with van der Waals surface area (Å²) in [6.07, 6.45) is 0. The van der Waals surface area contributed by atoms with Gasteiger partial charge in [0.1, 0.15) is 11.4 Å². The van der Waals surface area contributed by atoms with Crippen molar-refractivity contribution in [2.45, 2.75) is 6.61 Å². The molecule has 4 aromatic rings. The predicted molar refractivity (Wildman–Crippen MR) is 98.3 cm³/mol. The van der Waals surface area contributed by atoms with E-state index in [4.69, 9.17) is 10.7 Å². The number of aliphatic hydroxyl groups excluding tert-OH is 1. The van der Waals surface area contributed by atoms with E-state index >= 15 is 0 Å². The van der Waals surface area contributed by atoms with Crippen molar-refractivity contribution in [3.05, 3.63) is 78.0 Å². The van der Waals surface area contributed by atoms with Gasteiger partial charge in [0.25, 0.3) is 5.91 Å². The Morgan fingerprint density at radius 3 is 2.35 bits per heavy atom. The molecule has 0 aliphatic rings. The predicted octanol–water partition coefficient (Wildman–Crippen LogP) is 2.65. The molecular weight excluding hydrogens is 328 g/mol. The zero-order valence-corrected chi connectivity index (χ0v) is 13.8. The summed E-state index contributed by atoms with van der Waals surface area (Å²) in [7, 11) is 0. The van der Waals surface area contributed by atoms with E-state index in [0.717, 1.165) is 28.1 Å². The van der Waals surface area contributed by atoms with Crippen LogP contribution in [-0.4, -0.2) is 25.6 Å². The summed E-state index contributed by atoms with van der Waals surface area (Å²) in [4.78, 5) is 16.2. The lowest BCUT2D eigenvalue weighted by Crippen LogP contribution is -2.14. The molecule has 0 saturated carbocycles. The Balaban J connectivity index is 2.00. The van der Waals surface area contributed by atoms with Gasteiger partial charge in [-0.1, -0.05) is 54.6 Å². The van der Waals surface area contributed by atoms with E-state index in [1.807, 2.05) is 54.6 Å². The van der Waals surface area contributed by atoms with Gasteiger partial charge in [-0.25, -0.2) is 9.50 Å². The van der Waals surface area contributed by atoms with Crippen molar-refractivity contribution in [2.24, 2.45) is 5.73 Å². The normalized spacial score (nSPS) is 11.0. The quantitative estimate of drug-likeness (QED) is 0.595. The molecule has 0 saturated heterocycles. The molecule has 2 heterocycles. The summed E-state index contributed by atoms with van der Waals surface area (Å²) in [5, 5.41) is 13.6. The largest absolute Gasteiger partial charge is 0.392 e. The Labute approximate surface area is 149 Å².